The van der Waals surface area contributed by atoms with Crippen molar-refractivity contribution < 1.29 is 4.79 Å². The van der Waals surface area contributed by atoms with Gasteiger partial charge in [0.2, 0.25) is 5.91 Å². The lowest BCUT2D eigenvalue weighted by molar-refractivity contribution is -0.120. The SMILES string of the molecule is CCNC(=O)CNC1CCN(C)C1. The normalized spacial score (nSPS) is 23.4. The van der Waals surface area contributed by atoms with E-state index in [1.54, 1.807) is 0 Å². The van der Waals surface area contributed by atoms with Crippen LogP contribution in [0.25, 0.3) is 0 Å². The van der Waals surface area contributed by atoms with Gasteiger partial charge in [0.05, 0.1) is 6.54 Å². The molecule has 0 aromatic carbocycles. The lowest BCUT2D eigenvalue weighted by atomic mass is 10.2. The van der Waals surface area contributed by atoms with Gasteiger partial charge in [-0.15, -0.1) is 0 Å². The maximum Gasteiger partial charge on any atom is 0.233 e. The minimum absolute atomic E-state index is 0.0945. The van der Waals surface area contributed by atoms with E-state index in [9.17, 15) is 4.79 Å². The topological polar surface area (TPSA) is 44.4 Å². The van der Waals surface area contributed by atoms with E-state index in [0.29, 0.717) is 19.1 Å². The van der Waals surface area contributed by atoms with Crippen LogP contribution >= 0.6 is 0 Å². The van der Waals surface area contributed by atoms with Gasteiger partial charge in [-0.2, -0.15) is 0 Å². The number of amides is 1. The van der Waals surface area contributed by atoms with Gasteiger partial charge >= 0.3 is 0 Å². The number of carbonyl (C=O) groups excluding carboxylic acids is 1. The molecule has 0 saturated carbocycles. The Morgan fingerprint density at radius 3 is 2.92 bits per heavy atom. The molecule has 76 valence electrons. The van der Waals surface area contributed by atoms with Crippen LogP contribution in [0.2, 0.25) is 0 Å². The largest absolute Gasteiger partial charge is 0.355 e. The maximum absolute atomic E-state index is 11.1. The lowest BCUT2D eigenvalue weighted by Crippen LogP contribution is -2.40. The molecule has 1 saturated heterocycles. The molecular weight excluding hydrogens is 166 g/mol. The van der Waals surface area contributed by atoms with Crippen LogP contribution in [0.4, 0.5) is 0 Å². The van der Waals surface area contributed by atoms with Crippen molar-refractivity contribution in [2.45, 2.75) is 19.4 Å². The molecule has 1 amide bonds. The fourth-order valence-corrected chi connectivity index (χ4v) is 1.60. The average molecular weight is 185 g/mol. The number of hydrogen-bond donors (Lipinski definition) is 2. The smallest absolute Gasteiger partial charge is 0.233 e. The third-order valence-electron chi connectivity index (χ3n) is 2.32. The molecule has 13 heavy (non-hydrogen) atoms. The van der Waals surface area contributed by atoms with Gasteiger partial charge in [0.15, 0.2) is 0 Å². The minimum atomic E-state index is 0.0945. The summed E-state index contributed by atoms with van der Waals surface area (Å²) in [4.78, 5) is 13.4. The summed E-state index contributed by atoms with van der Waals surface area (Å²) in [7, 11) is 2.10. The summed E-state index contributed by atoms with van der Waals surface area (Å²) in [6, 6.07) is 0.493. The molecule has 1 fully saturated rings. The molecule has 0 radical (unpaired) electrons. The zero-order valence-corrected chi connectivity index (χ0v) is 8.47. The highest BCUT2D eigenvalue weighted by atomic mass is 16.1. The second-order valence-corrected chi connectivity index (χ2v) is 3.58. The van der Waals surface area contributed by atoms with E-state index in [1.807, 2.05) is 6.92 Å². The zero-order chi connectivity index (χ0) is 9.68. The van der Waals surface area contributed by atoms with Gasteiger partial charge in [0, 0.05) is 19.1 Å². The fourth-order valence-electron chi connectivity index (χ4n) is 1.60. The standard InChI is InChI=1S/C9H19N3O/c1-3-10-9(13)6-11-8-4-5-12(2)7-8/h8,11H,3-7H2,1-2H3,(H,10,13). The highest BCUT2D eigenvalue weighted by molar-refractivity contribution is 5.77. The average Bonchev–Trinajstić information content (AvgIpc) is 2.49. The highest BCUT2D eigenvalue weighted by Crippen LogP contribution is 2.04. The number of nitrogens with one attached hydrogen (secondary N) is 2. The van der Waals surface area contributed by atoms with Crippen LogP contribution < -0.4 is 10.6 Å². The monoisotopic (exact) mass is 185 g/mol. The molecule has 4 nitrogen and oxygen atoms in total. The van der Waals surface area contributed by atoms with Gasteiger partial charge in [-0.25, -0.2) is 0 Å². The molecule has 2 N–H and O–H groups in total. The molecular formula is C9H19N3O. The van der Waals surface area contributed by atoms with E-state index in [0.717, 1.165) is 19.5 Å². The lowest BCUT2D eigenvalue weighted by Gasteiger charge is -2.11. The van der Waals surface area contributed by atoms with E-state index in [-0.39, 0.29) is 5.91 Å². The molecule has 1 unspecified atom stereocenters. The first-order chi connectivity index (χ1) is 6.22. The first-order valence-electron chi connectivity index (χ1n) is 4.91. The van der Waals surface area contributed by atoms with Gasteiger partial charge in [0.25, 0.3) is 0 Å². The molecule has 1 aliphatic rings. The van der Waals surface area contributed by atoms with E-state index in [1.165, 1.54) is 0 Å². The molecule has 0 aliphatic carbocycles. The number of likely N-dealkylation sites (N-methyl/N-ethyl adjacent to an activating group) is 2. The second-order valence-electron chi connectivity index (χ2n) is 3.58. The van der Waals surface area contributed by atoms with Gasteiger partial charge in [-0.05, 0) is 26.9 Å². The molecule has 0 aromatic heterocycles. The van der Waals surface area contributed by atoms with Crippen LogP contribution in [0.1, 0.15) is 13.3 Å². The van der Waals surface area contributed by atoms with E-state index in [4.69, 9.17) is 0 Å². The predicted octanol–water partition coefficient (Wildman–Crippen LogP) is -0.584. The summed E-state index contributed by atoms with van der Waals surface area (Å²) in [5, 5.41) is 6.01. The van der Waals surface area contributed by atoms with Crippen molar-refractivity contribution in [1.82, 2.24) is 15.5 Å². The van der Waals surface area contributed by atoms with Crippen molar-refractivity contribution in [3.8, 4) is 0 Å². The Hall–Kier alpha value is -0.610. The fraction of sp³-hybridized carbons (Fsp3) is 0.889. The summed E-state index contributed by atoms with van der Waals surface area (Å²) in [6.45, 7) is 5.28. The van der Waals surface area contributed by atoms with E-state index in [2.05, 4.69) is 22.6 Å². The quantitative estimate of drug-likeness (QED) is 0.615. The summed E-state index contributed by atoms with van der Waals surface area (Å²) in [5.41, 5.74) is 0. The van der Waals surface area contributed by atoms with Gasteiger partial charge < -0.3 is 15.5 Å². The van der Waals surface area contributed by atoms with Crippen molar-refractivity contribution in [3.05, 3.63) is 0 Å². The molecule has 0 bridgehead atoms. The Morgan fingerprint density at radius 1 is 1.62 bits per heavy atom. The number of likely N-dealkylation sites (tertiary alicyclic amines) is 1. The minimum Gasteiger partial charge on any atom is -0.355 e. The second kappa shape index (κ2) is 5.19. The zero-order valence-electron chi connectivity index (χ0n) is 8.47. The molecule has 0 spiro atoms. The number of rotatable bonds is 4. The van der Waals surface area contributed by atoms with Crippen molar-refractivity contribution in [1.29, 1.82) is 0 Å². The van der Waals surface area contributed by atoms with E-state index < -0.39 is 0 Å². The molecule has 4 heteroatoms. The summed E-state index contributed by atoms with van der Waals surface area (Å²) >= 11 is 0. The molecule has 1 atom stereocenters. The van der Waals surface area contributed by atoms with Crippen LogP contribution in [0, 0.1) is 0 Å². The molecule has 1 heterocycles. The predicted molar refractivity (Wildman–Crippen MR) is 52.6 cm³/mol. The van der Waals surface area contributed by atoms with Crippen molar-refractivity contribution in [3.63, 3.8) is 0 Å². The first kappa shape index (κ1) is 10.5. The first-order valence-corrected chi connectivity index (χ1v) is 4.91. The third kappa shape index (κ3) is 3.74. The van der Waals surface area contributed by atoms with Crippen LogP contribution in [0.15, 0.2) is 0 Å². The van der Waals surface area contributed by atoms with Crippen molar-refractivity contribution in [2.24, 2.45) is 0 Å². The third-order valence-corrected chi connectivity index (χ3v) is 2.32. The molecule has 1 rings (SSSR count). The Morgan fingerprint density at radius 2 is 2.38 bits per heavy atom. The molecule has 1 aliphatic heterocycles. The van der Waals surface area contributed by atoms with Crippen LogP contribution in [-0.4, -0.2) is 50.1 Å². The van der Waals surface area contributed by atoms with Crippen molar-refractivity contribution >= 4 is 5.91 Å². The highest BCUT2D eigenvalue weighted by Gasteiger charge is 2.18. The van der Waals surface area contributed by atoms with Crippen LogP contribution in [0.3, 0.4) is 0 Å². The molecule has 0 aromatic rings. The van der Waals surface area contributed by atoms with Gasteiger partial charge in [0.1, 0.15) is 0 Å². The summed E-state index contributed by atoms with van der Waals surface area (Å²) in [5.74, 6) is 0.0945. The number of hydrogen-bond acceptors (Lipinski definition) is 3. The Bertz CT molecular complexity index is 172. The number of nitrogens with zero attached hydrogens (tertiary/aromatic N) is 1. The van der Waals surface area contributed by atoms with E-state index >= 15 is 0 Å². The summed E-state index contributed by atoms with van der Waals surface area (Å²) in [6.07, 6.45) is 1.15. The van der Waals surface area contributed by atoms with Gasteiger partial charge in [-0.3, -0.25) is 4.79 Å². The Balaban J connectivity index is 2.09. The van der Waals surface area contributed by atoms with Crippen LogP contribution in [0.5, 0.6) is 0 Å². The Labute approximate surface area is 79.7 Å². The van der Waals surface area contributed by atoms with Crippen LogP contribution in [-0.2, 0) is 4.79 Å². The van der Waals surface area contributed by atoms with Crippen molar-refractivity contribution in [2.75, 3.05) is 33.2 Å². The van der Waals surface area contributed by atoms with Gasteiger partial charge in [-0.1, -0.05) is 0 Å². The summed E-state index contributed by atoms with van der Waals surface area (Å²) < 4.78 is 0. The number of carbonyl (C=O) groups is 1. The maximum atomic E-state index is 11.1. The Kier molecular flexibility index (Phi) is 4.18.